The average Bonchev–Trinajstić information content (AvgIpc) is 2.03. The topological polar surface area (TPSA) is 54.9 Å². The lowest BCUT2D eigenvalue weighted by Gasteiger charge is -2.05. The maximum atomic E-state index is 10.7. The van der Waals surface area contributed by atoms with Crippen LogP contribution in [0.4, 0.5) is 5.82 Å². The van der Waals surface area contributed by atoms with Gasteiger partial charge in [-0.05, 0) is 17.5 Å². The molecule has 0 saturated heterocycles. The quantitative estimate of drug-likeness (QED) is 0.749. The summed E-state index contributed by atoms with van der Waals surface area (Å²) in [7, 11) is 0. The molecule has 0 fully saturated rings. The molecule has 0 spiro atoms. The number of aromatic nitrogens is 2. The van der Waals surface area contributed by atoms with E-state index < -0.39 is 0 Å². The molecule has 0 radical (unpaired) electrons. The van der Waals surface area contributed by atoms with Crippen LogP contribution in [0.25, 0.3) is 0 Å². The summed E-state index contributed by atoms with van der Waals surface area (Å²) in [6, 6.07) is 1.83. The number of nitrogens with zero attached hydrogens (tertiary/aromatic N) is 2. The van der Waals surface area contributed by atoms with Gasteiger partial charge in [-0.2, -0.15) is 5.10 Å². The van der Waals surface area contributed by atoms with Crippen LogP contribution in [-0.2, 0) is 4.79 Å². The van der Waals surface area contributed by atoms with Crippen molar-refractivity contribution < 1.29 is 4.79 Å². The van der Waals surface area contributed by atoms with Crippen molar-refractivity contribution in [3.63, 3.8) is 0 Å². The van der Waals surface area contributed by atoms with Gasteiger partial charge in [-0.15, -0.1) is 5.10 Å². The fourth-order valence-corrected chi connectivity index (χ4v) is 0.939. The van der Waals surface area contributed by atoms with Crippen LogP contribution >= 0.6 is 0 Å². The summed E-state index contributed by atoms with van der Waals surface area (Å²) < 4.78 is 0. The fraction of sp³-hybridized carbons (Fsp3) is 0.444. The van der Waals surface area contributed by atoms with Crippen LogP contribution in [0.3, 0.4) is 0 Å². The van der Waals surface area contributed by atoms with Crippen molar-refractivity contribution in [3.8, 4) is 0 Å². The van der Waals surface area contributed by atoms with Crippen molar-refractivity contribution in [2.24, 2.45) is 0 Å². The molecule has 13 heavy (non-hydrogen) atoms. The van der Waals surface area contributed by atoms with Crippen LogP contribution in [0.5, 0.6) is 0 Å². The first-order chi connectivity index (χ1) is 6.09. The minimum Gasteiger partial charge on any atom is -0.309 e. The molecule has 1 aromatic heterocycles. The van der Waals surface area contributed by atoms with E-state index in [1.165, 1.54) is 6.92 Å². The van der Waals surface area contributed by atoms with E-state index >= 15 is 0 Å². The third-order valence-corrected chi connectivity index (χ3v) is 1.65. The van der Waals surface area contributed by atoms with E-state index in [1.54, 1.807) is 6.20 Å². The SMILES string of the molecule is CC(=O)Nc1cc(C(C)C)cnn1. The van der Waals surface area contributed by atoms with E-state index in [0.29, 0.717) is 11.7 Å². The summed E-state index contributed by atoms with van der Waals surface area (Å²) in [4.78, 5) is 10.7. The van der Waals surface area contributed by atoms with Gasteiger partial charge < -0.3 is 5.32 Å². The number of hydrogen-bond donors (Lipinski definition) is 1. The van der Waals surface area contributed by atoms with Gasteiger partial charge in [-0.25, -0.2) is 0 Å². The molecular weight excluding hydrogens is 166 g/mol. The lowest BCUT2D eigenvalue weighted by atomic mass is 10.1. The molecule has 1 N–H and O–H groups in total. The van der Waals surface area contributed by atoms with Crippen molar-refractivity contribution in [1.82, 2.24) is 10.2 Å². The Hall–Kier alpha value is -1.45. The molecule has 0 aromatic carbocycles. The Kier molecular flexibility index (Phi) is 2.95. The Morgan fingerprint density at radius 3 is 2.77 bits per heavy atom. The van der Waals surface area contributed by atoms with E-state index in [0.717, 1.165) is 5.56 Å². The smallest absolute Gasteiger partial charge is 0.222 e. The van der Waals surface area contributed by atoms with Crippen LogP contribution in [0.1, 0.15) is 32.3 Å². The number of nitrogens with one attached hydrogen (secondary N) is 1. The number of anilines is 1. The van der Waals surface area contributed by atoms with E-state index in [9.17, 15) is 4.79 Å². The van der Waals surface area contributed by atoms with Crippen LogP contribution < -0.4 is 5.32 Å². The Morgan fingerprint density at radius 1 is 1.54 bits per heavy atom. The predicted molar refractivity (Wildman–Crippen MR) is 50.4 cm³/mol. The third kappa shape index (κ3) is 2.82. The van der Waals surface area contributed by atoms with Crippen LogP contribution in [0.15, 0.2) is 12.3 Å². The molecule has 1 aromatic rings. The summed E-state index contributed by atoms with van der Waals surface area (Å²) in [5.41, 5.74) is 1.07. The molecule has 0 atom stereocenters. The maximum Gasteiger partial charge on any atom is 0.222 e. The van der Waals surface area contributed by atoms with Gasteiger partial charge in [0, 0.05) is 6.92 Å². The highest BCUT2D eigenvalue weighted by atomic mass is 16.1. The first-order valence-corrected chi connectivity index (χ1v) is 4.20. The number of carbonyl (C=O) groups is 1. The van der Waals surface area contributed by atoms with Gasteiger partial charge >= 0.3 is 0 Å². The summed E-state index contributed by atoms with van der Waals surface area (Å²) in [6.07, 6.45) is 1.70. The normalized spacial score (nSPS) is 10.2. The van der Waals surface area contributed by atoms with Gasteiger partial charge in [0.25, 0.3) is 0 Å². The molecule has 0 aliphatic heterocycles. The predicted octanol–water partition coefficient (Wildman–Crippen LogP) is 1.56. The minimum atomic E-state index is -0.129. The van der Waals surface area contributed by atoms with Crippen LogP contribution in [0, 0.1) is 0 Å². The van der Waals surface area contributed by atoms with Gasteiger partial charge in [0.15, 0.2) is 5.82 Å². The van der Waals surface area contributed by atoms with Gasteiger partial charge in [0.2, 0.25) is 5.91 Å². The number of hydrogen-bond acceptors (Lipinski definition) is 3. The van der Waals surface area contributed by atoms with E-state index in [2.05, 4.69) is 29.4 Å². The van der Waals surface area contributed by atoms with Crippen molar-refractivity contribution in [2.75, 3.05) is 5.32 Å². The Morgan fingerprint density at radius 2 is 2.23 bits per heavy atom. The minimum absolute atomic E-state index is 0.129. The highest BCUT2D eigenvalue weighted by Crippen LogP contribution is 2.14. The molecule has 1 rings (SSSR count). The van der Waals surface area contributed by atoms with Crippen molar-refractivity contribution in [2.45, 2.75) is 26.7 Å². The van der Waals surface area contributed by atoms with Crippen molar-refractivity contribution >= 4 is 11.7 Å². The zero-order valence-corrected chi connectivity index (χ0v) is 8.03. The molecular formula is C9H13N3O. The number of rotatable bonds is 2. The second kappa shape index (κ2) is 3.98. The highest BCUT2D eigenvalue weighted by molar-refractivity contribution is 5.87. The highest BCUT2D eigenvalue weighted by Gasteiger charge is 2.02. The lowest BCUT2D eigenvalue weighted by molar-refractivity contribution is -0.114. The molecule has 4 nitrogen and oxygen atoms in total. The first kappa shape index (κ1) is 9.64. The molecule has 0 unspecified atom stereocenters. The molecule has 0 saturated carbocycles. The Labute approximate surface area is 77.4 Å². The first-order valence-electron chi connectivity index (χ1n) is 4.20. The molecule has 1 heterocycles. The largest absolute Gasteiger partial charge is 0.309 e. The molecule has 0 bridgehead atoms. The van der Waals surface area contributed by atoms with Crippen LogP contribution in [0.2, 0.25) is 0 Å². The second-order valence-corrected chi connectivity index (χ2v) is 3.21. The van der Waals surface area contributed by atoms with Crippen LogP contribution in [-0.4, -0.2) is 16.1 Å². The average molecular weight is 179 g/mol. The van der Waals surface area contributed by atoms with Gasteiger partial charge in [-0.3, -0.25) is 4.79 Å². The number of carbonyl (C=O) groups excluding carboxylic acids is 1. The van der Waals surface area contributed by atoms with Crippen molar-refractivity contribution in [3.05, 3.63) is 17.8 Å². The Balaban J connectivity index is 2.85. The monoisotopic (exact) mass is 179 g/mol. The molecule has 0 aliphatic carbocycles. The van der Waals surface area contributed by atoms with Gasteiger partial charge in [0.1, 0.15) is 0 Å². The van der Waals surface area contributed by atoms with Gasteiger partial charge in [0.05, 0.1) is 6.20 Å². The maximum absolute atomic E-state index is 10.7. The van der Waals surface area contributed by atoms with E-state index in [1.807, 2.05) is 6.07 Å². The fourth-order valence-electron chi connectivity index (χ4n) is 0.939. The summed E-state index contributed by atoms with van der Waals surface area (Å²) in [6.45, 7) is 5.58. The van der Waals surface area contributed by atoms with Crippen molar-refractivity contribution in [1.29, 1.82) is 0 Å². The van der Waals surface area contributed by atoms with E-state index in [-0.39, 0.29) is 5.91 Å². The number of amides is 1. The molecule has 70 valence electrons. The second-order valence-electron chi connectivity index (χ2n) is 3.21. The standard InChI is InChI=1S/C9H13N3O/c1-6(2)8-4-9(11-7(3)13)12-10-5-8/h4-6H,1-3H3,(H,11,12,13). The van der Waals surface area contributed by atoms with E-state index in [4.69, 9.17) is 0 Å². The molecule has 1 amide bonds. The molecule has 0 aliphatic rings. The third-order valence-electron chi connectivity index (χ3n) is 1.65. The zero-order chi connectivity index (χ0) is 9.84. The summed E-state index contributed by atoms with van der Waals surface area (Å²) >= 11 is 0. The summed E-state index contributed by atoms with van der Waals surface area (Å²) in [5, 5.41) is 10.2. The Bertz CT molecular complexity index is 309. The zero-order valence-electron chi connectivity index (χ0n) is 8.03. The molecule has 4 heteroatoms. The summed E-state index contributed by atoms with van der Waals surface area (Å²) in [5.74, 6) is 0.775. The lowest BCUT2D eigenvalue weighted by Crippen LogP contribution is -2.08. The van der Waals surface area contributed by atoms with Gasteiger partial charge in [-0.1, -0.05) is 13.8 Å².